The summed E-state index contributed by atoms with van der Waals surface area (Å²) in [5, 5.41) is 3.65. The van der Waals surface area contributed by atoms with Crippen LogP contribution >= 0.6 is 0 Å². The largest absolute Gasteiger partial charge is 0.310 e. The van der Waals surface area contributed by atoms with Gasteiger partial charge in [-0.15, -0.1) is 0 Å². The molecule has 0 aliphatic heterocycles. The Morgan fingerprint density at radius 3 is 2.33 bits per heavy atom. The molecule has 2 heteroatoms. The number of nitrogens with zero attached hydrogens (tertiary/aromatic N) is 1. The molecule has 1 fully saturated rings. The first kappa shape index (κ1) is 16.5. The van der Waals surface area contributed by atoms with E-state index in [1.807, 2.05) is 0 Å². The van der Waals surface area contributed by atoms with Crippen LogP contribution in [0.4, 0.5) is 0 Å². The van der Waals surface area contributed by atoms with Crippen molar-refractivity contribution in [3.05, 3.63) is 35.9 Å². The lowest BCUT2D eigenvalue weighted by Gasteiger charge is -2.26. The summed E-state index contributed by atoms with van der Waals surface area (Å²) in [5.74, 6) is 0.810. The van der Waals surface area contributed by atoms with Crippen LogP contribution in [0.15, 0.2) is 30.3 Å². The van der Waals surface area contributed by atoms with Crippen LogP contribution in [0.25, 0.3) is 0 Å². The van der Waals surface area contributed by atoms with Gasteiger partial charge in [-0.3, -0.25) is 0 Å². The topological polar surface area (TPSA) is 15.3 Å². The van der Waals surface area contributed by atoms with Crippen molar-refractivity contribution in [2.45, 2.75) is 58.5 Å². The molecule has 0 amide bonds. The van der Waals surface area contributed by atoms with E-state index in [2.05, 4.69) is 61.3 Å². The van der Waals surface area contributed by atoms with Gasteiger partial charge in [-0.25, -0.2) is 0 Å². The number of rotatable bonds is 10. The average molecular weight is 288 g/mol. The molecule has 2 rings (SSSR count). The fraction of sp³-hybridized carbons (Fsp3) is 0.684. The molecule has 2 nitrogen and oxygen atoms in total. The van der Waals surface area contributed by atoms with Gasteiger partial charge in [-0.2, -0.15) is 0 Å². The molecule has 1 atom stereocenters. The minimum atomic E-state index is 0.497. The van der Waals surface area contributed by atoms with Gasteiger partial charge in [0.25, 0.3) is 0 Å². The molecule has 1 aromatic rings. The van der Waals surface area contributed by atoms with Crippen molar-refractivity contribution in [3.8, 4) is 0 Å². The molecule has 0 saturated heterocycles. The van der Waals surface area contributed by atoms with Crippen LogP contribution in [0.3, 0.4) is 0 Å². The number of nitrogens with one attached hydrogen (secondary N) is 1. The first-order chi connectivity index (χ1) is 10.2. The molecular formula is C19H32N2. The Labute approximate surface area is 130 Å². The third-order valence-electron chi connectivity index (χ3n) is 4.41. The van der Waals surface area contributed by atoms with Crippen LogP contribution in [0.1, 0.15) is 58.1 Å². The Bertz CT molecular complexity index is 384. The van der Waals surface area contributed by atoms with Crippen molar-refractivity contribution in [2.75, 3.05) is 19.6 Å². The molecule has 1 aromatic carbocycles. The molecule has 1 aliphatic rings. The van der Waals surface area contributed by atoms with Crippen LogP contribution in [-0.4, -0.2) is 30.6 Å². The van der Waals surface area contributed by atoms with Gasteiger partial charge >= 0.3 is 0 Å². The molecule has 1 unspecified atom stereocenters. The quantitative estimate of drug-likeness (QED) is 0.693. The Morgan fingerprint density at radius 1 is 1.10 bits per heavy atom. The van der Waals surface area contributed by atoms with Crippen LogP contribution < -0.4 is 5.32 Å². The molecule has 0 spiro atoms. The molecule has 0 radical (unpaired) electrons. The second kappa shape index (κ2) is 8.55. The number of benzene rings is 1. The summed E-state index contributed by atoms with van der Waals surface area (Å²) in [5.41, 5.74) is 1.43. The molecule has 21 heavy (non-hydrogen) atoms. The van der Waals surface area contributed by atoms with Crippen molar-refractivity contribution < 1.29 is 0 Å². The molecule has 0 heterocycles. The zero-order chi connectivity index (χ0) is 15.1. The van der Waals surface area contributed by atoms with Crippen molar-refractivity contribution in [1.29, 1.82) is 0 Å². The van der Waals surface area contributed by atoms with Gasteiger partial charge < -0.3 is 10.2 Å². The summed E-state index contributed by atoms with van der Waals surface area (Å²) in [6.45, 7) is 10.4. The molecule has 1 N–H and O–H groups in total. The average Bonchev–Trinajstić information content (AvgIpc) is 3.31. The smallest absolute Gasteiger partial charge is 0.0332 e. The first-order valence-electron chi connectivity index (χ1n) is 8.73. The fourth-order valence-electron chi connectivity index (χ4n) is 2.95. The van der Waals surface area contributed by atoms with E-state index in [4.69, 9.17) is 0 Å². The zero-order valence-electron chi connectivity index (χ0n) is 14.0. The highest BCUT2D eigenvalue weighted by atomic mass is 15.2. The standard InChI is InChI=1S/C19H32N2/c1-4-20-19(17-8-6-5-7-9-17)13-15-21(18-10-11-18)14-12-16(2)3/h5-9,16,18-20H,4,10-15H2,1-3H3. The van der Waals surface area contributed by atoms with Gasteiger partial charge in [-0.1, -0.05) is 51.1 Å². The normalized spacial score (nSPS) is 16.6. The van der Waals surface area contributed by atoms with Crippen molar-refractivity contribution in [3.63, 3.8) is 0 Å². The van der Waals surface area contributed by atoms with Gasteiger partial charge in [0.15, 0.2) is 0 Å². The van der Waals surface area contributed by atoms with Crippen LogP contribution in [0.2, 0.25) is 0 Å². The van der Waals surface area contributed by atoms with Gasteiger partial charge in [0.2, 0.25) is 0 Å². The monoisotopic (exact) mass is 288 g/mol. The minimum Gasteiger partial charge on any atom is -0.310 e. The molecule has 0 aromatic heterocycles. The lowest BCUT2D eigenvalue weighted by Crippen LogP contribution is -2.32. The summed E-state index contributed by atoms with van der Waals surface area (Å²) in [4.78, 5) is 2.73. The van der Waals surface area contributed by atoms with E-state index in [0.717, 1.165) is 18.5 Å². The van der Waals surface area contributed by atoms with E-state index in [-0.39, 0.29) is 0 Å². The van der Waals surface area contributed by atoms with E-state index in [9.17, 15) is 0 Å². The summed E-state index contributed by atoms with van der Waals surface area (Å²) in [6, 6.07) is 12.3. The summed E-state index contributed by atoms with van der Waals surface area (Å²) >= 11 is 0. The summed E-state index contributed by atoms with van der Waals surface area (Å²) in [7, 11) is 0. The van der Waals surface area contributed by atoms with Crippen LogP contribution in [0, 0.1) is 5.92 Å². The third-order valence-corrected chi connectivity index (χ3v) is 4.41. The fourth-order valence-corrected chi connectivity index (χ4v) is 2.95. The third kappa shape index (κ3) is 5.80. The summed E-state index contributed by atoms with van der Waals surface area (Å²) in [6.07, 6.45) is 5.37. The highest BCUT2D eigenvalue weighted by Crippen LogP contribution is 2.28. The van der Waals surface area contributed by atoms with E-state index in [1.165, 1.54) is 44.3 Å². The van der Waals surface area contributed by atoms with Gasteiger partial charge in [0.1, 0.15) is 0 Å². The highest BCUT2D eigenvalue weighted by molar-refractivity contribution is 5.18. The first-order valence-corrected chi connectivity index (χ1v) is 8.73. The van der Waals surface area contributed by atoms with Crippen molar-refractivity contribution in [1.82, 2.24) is 10.2 Å². The minimum absolute atomic E-state index is 0.497. The molecule has 1 saturated carbocycles. The SMILES string of the molecule is CCNC(CCN(CCC(C)C)C1CC1)c1ccccc1. The predicted octanol–water partition coefficient (Wildman–Crippen LogP) is 4.24. The van der Waals surface area contributed by atoms with E-state index in [0.29, 0.717) is 6.04 Å². The van der Waals surface area contributed by atoms with E-state index < -0.39 is 0 Å². The predicted molar refractivity (Wildman–Crippen MR) is 91.5 cm³/mol. The van der Waals surface area contributed by atoms with E-state index in [1.54, 1.807) is 0 Å². The van der Waals surface area contributed by atoms with Crippen LogP contribution in [-0.2, 0) is 0 Å². The van der Waals surface area contributed by atoms with Gasteiger partial charge in [-0.05, 0) is 50.3 Å². The van der Waals surface area contributed by atoms with Crippen molar-refractivity contribution >= 4 is 0 Å². The Morgan fingerprint density at radius 2 is 1.76 bits per heavy atom. The molecule has 0 bridgehead atoms. The van der Waals surface area contributed by atoms with E-state index >= 15 is 0 Å². The number of hydrogen-bond acceptors (Lipinski definition) is 2. The molecular weight excluding hydrogens is 256 g/mol. The second-order valence-electron chi connectivity index (χ2n) is 6.76. The number of hydrogen-bond donors (Lipinski definition) is 1. The summed E-state index contributed by atoms with van der Waals surface area (Å²) < 4.78 is 0. The maximum absolute atomic E-state index is 3.65. The lowest BCUT2D eigenvalue weighted by molar-refractivity contribution is 0.234. The zero-order valence-corrected chi connectivity index (χ0v) is 14.0. The van der Waals surface area contributed by atoms with Crippen LogP contribution in [0.5, 0.6) is 0 Å². The van der Waals surface area contributed by atoms with Crippen molar-refractivity contribution in [2.24, 2.45) is 5.92 Å². The Hall–Kier alpha value is -0.860. The molecule has 1 aliphatic carbocycles. The maximum Gasteiger partial charge on any atom is 0.0332 e. The van der Waals surface area contributed by atoms with Gasteiger partial charge in [0.05, 0.1) is 0 Å². The Kier molecular flexibility index (Phi) is 6.72. The second-order valence-corrected chi connectivity index (χ2v) is 6.76. The molecule has 118 valence electrons. The highest BCUT2D eigenvalue weighted by Gasteiger charge is 2.28. The maximum atomic E-state index is 3.65. The Balaban J connectivity index is 1.87. The lowest BCUT2D eigenvalue weighted by atomic mass is 10.0. The van der Waals surface area contributed by atoms with Gasteiger partial charge in [0, 0.05) is 18.6 Å².